The fourth-order valence-corrected chi connectivity index (χ4v) is 5.67. The van der Waals surface area contributed by atoms with Gasteiger partial charge < -0.3 is 0 Å². The Morgan fingerprint density at radius 1 is 0.900 bits per heavy atom. The van der Waals surface area contributed by atoms with E-state index in [9.17, 15) is 4.79 Å². The number of hydrogen-bond donors (Lipinski definition) is 0. The molecule has 0 bridgehead atoms. The Labute approximate surface area is 181 Å². The largest absolute Gasteiger partial charge is 0.299 e. The summed E-state index contributed by atoms with van der Waals surface area (Å²) in [7, 11) is 0. The van der Waals surface area contributed by atoms with Crippen molar-refractivity contribution < 1.29 is 4.79 Å². The number of hydrogen-bond acceptors (Lipinski definition) is 2. The molecular formula is C28H33NO. The summed E-state index contributed by atoms with van der Waals surface area (Å²) < 4.78 is 0. The molecule has 30 heavy (non-hydrogen) atoms. The summed E-state index contributed by atoms with van der Waals surface area (Å²) in [6.07, 6.45) is 12.2. The molecule has 2 aromatic carbocycles. The maximum atomic E-state index is 13.0. The molecule has 0 unspecified atom stereocenters. The Kier molecular flexibility index (Phi) is 5.86. The molecule has 2 fully saturated rings. The first-order valence-electron chi connectivity index (χ1n) is 11.9. The number of benzene rings is 2. The summed E-state index contributed by atoms with van der Waals surface area (Å²) in [6, 6.07) is 17.4. The van der Waals surface area contributed by atoms with Gasteiger partial charge in [0.2, 0.25) is 0 Å². The average molecular weight is 400 g/mol. The normalized spacial score (nSPS) is 22.5. The van der Waals surface area contributed by atoms with Gasteiger partial charge in [0.1, 0.15) is 0 Å². The third-order valence-electron chi connectivity index (χ3n) is 7.44. The van der Waals surface area contributed by atoms with E-state index in [-0.39, 0.29) is 5.78 Å². The topological polar surface area (TPSA) is 20.3 Å². The first-order valence-corrected chi connectivity index (χ1v) is 11.9. The van der Waals surface area contributed by atoms with Crippen LogP contribution in [0.4, 0.5) is 0 Å². The summed E-state index contributed by atoms with van der Waals surface area (Å²) in [5, 5.41) is 0. The third-order valence-corrected chi connectivity index (χ3v) is 7.44. The first kappa shape index (κ1) is 19.8. The monoisotopic (exact) mass is 399 g/mol. The van der Waals surface area contributed by atoms with Crippen LogP contribution in [0, 0.1) is 5.92 Å². The standard InChI is InChI=1S/C28H33NO/c30-28-26(17-21-13-15-29(16-14-21)20-22-7-3-1-4-8-22)19-25-18-24(11-12-27(25)28)23-9-5-2-6-10-23/h1,3-4,7-8,11-12,17-18,21,23H,2,5-6,9-10,13-16,19-20H2/b26-17-. The van der Waals surface area contributed by atoms with Gasteiger partial charge in [0.15, 0.2) is 5.78 Å². The molecule has 1 saturated carbocycles. The van der Waals surface area contributed by atoms with Crippen LogP contribution in [0.3, 0.4) is 0 Å². The molecule has 0 spiro atoms. The van der Waals surface area contributed by atoms with Gasteiger partial charge in [0.05, 0.1) is 0 Å². The summed E-state index contributed by atoms with van der Waals surface area (Å²) in [4.78, 5) is 15.5. The smallest absolute Gasteiger partial charge is 0.189 e. The molecule has 0 amide bonds. The van der Waals surface area contributed by atoms with Gasteiger partial charge in [-0.15, -0.1) is 0 Å². The summed E-state index contributed by atoms with van der Waals surface area (Å²) in [6.45, 7) is 3.28. The molecule has 0 aromatic heterocycles. The van der Waals surface area contributed by atoms with Gasteiger partial charge in [0.25, 0.3) is 0 Å². The van der Waals surface area contributed by atoms with Crippen LogP contribution in [0.5, 0.6) is 0 Å². The van der Waals surface area contributed by atoms with Crippen LogP contribution in [0.2, 0.25) is 0 Å². The predicted molar refractivity (Wildman–Crippen MR) is 123 cm³/mol. The second-order valence-electron chi connectivity index (χ2n) is 9.55. The molecule has 0 radical (unpaired) electrons. The second kappa shape index (κ2) is 8.89. The van der Waals surface area contributed by atoms with Crippen molar-refractivity contribution in [2.24, 2.45) is 5.92 Å². The van der Waals surface area contributed by atoms with Crippen molar-refractivity contribution in [3.8, 4) is 0 Å². The number of likely N-dealkylation sites (tertiary alicyclic amines) is 1. The van der Waals surface area contributed by atoms with Gasteiger partial charge in [-0.1, -0.05) is 73.9 Å². The van der Waals surface area contributed by atoms with Crippen LogP contribution in [0.25, 0.3) is 0 Å². The number of rotatable bonds is 4. The zero-order valence-electron chi connectivity index (χ0n) is 18.0. The predicted octanol–water partition coefficient (Wildman–Crippen LogP) is 6.31. The number of carbonyl (C=O) groups is 1. The van der Waals surface area contributed by atoms with Crippen LogP contribution in [-0.2, 0) is 13.0 Å². The Balaban J connectivity index is 1.21. The molecule has 2 aliphatic carbocycles. The summed E-state index contributed by atoms with van der Waals surface area (Å²) in [5.41, 5.74) is 6.15. The molecule has 0 atom stereocenters. The first-order chi connectivity index (χ1) is 14.8. The molecule has 3 aliphatic rings. The van der Waals surface area contributed by atoms with Crippen LogP contribution in [-0.4, -0.2) is 23.8 Å². The molecule has 2 aromatic rings. The molecule has 2 heteroatoms. The summed E-state index contributed by atoms with van der Waals surface area (Å²) >= 11 is 0. The van der Waals surface area contributed by atoms with Crippen LogP contribution in [0.15, 0.2) is 60.2 Å². The average Bonchev–Trinajstić information content (AvgIpc) is 3.11. The fraction of sp³-hybridized carbons (Fsp3) is 0.464. The highest BCUT2D eigenvalue weighted by molar-refractivity contribution is 6.13. The SMILES string of the molecule is O=C1/C(=C\C2CCN(Cc3ccccc3)CC2)Cc2cc(C3CCCCC3)ccc21. The third kappa shape index (κ3) is 4.30. The van der Waals surface area contributed by atoms with E-state index in [1.54, 1.807) is 0 Å². The molecule has 1 heterocycles. The zero-order chi connectivity index (χ0) is 20.3. The van der Waals surface area contributed by atoms with Gasteiger partial charge >= 0.3 is 0 Å². The van der Waals surface area contributed by atoms with E-state index in [0.717, 1.165) is 50.0 Å². The number of carbonyl (C=O) groups excluding carboxylic acids is 1. The molecule has 156 valence electrons. The van der Waals surface area contributed by atoms with Crippen molar-refractivity contribution in [3.05, 3.63) is 82.4 Å². The maximum absolute atomic E-state index is 13.0. The molecule has 2 nitrogen and oxygen atoms in total. The number of ketones is 1. The molecular weight excluding hydrogens is 366 g/mol. The van der Waals surface area contributed by atoms with Gasteiger partial charge in [-0.3, -0.25) is 9.69 Å². The van der Waals surface area contributed by atoms with Crippen LogP contribution >= 0.6 is 0 Å². The number of piperidine rings is 1. The Bertz CT molecular complexity index is 915. The van der Waals surface area contributed by atoms with Crippen LogP contribution in [0.1, 0.15) is 77.9 Å². The van der Waals surface area contributed by atoms with Gasteiger partial charge in [-0.25, -0.2) is 0 Å². The zero-order valence-corrected chi connectivity index (χ0v) is 18.0. The van der Waals surface area contributed by atoms with Crippen molar-refractivity contribution in [1.82, 2.24) is 4.90 Å². The number of fused-ring (bicyclic) bond motifs is 1. The molecule has 1 aliphatic heterocycles. The van der Waals surface area contributed by atoms with Gasteiger partial charge in [0, 0.05) is 24.1 Å². The minimum absolute atomic E-state index is 0.284. The van der Waals surface area contributed by atoms with Crippen LogP contribution < -0.4 is 0 Å². The van der Waals surface area contributed by atoms with E-state index in [0.29, 0.717) is 11.8 Å². The van der Waals surface area contributed by atoms with Crippen molar-refractivity contribution in [2.45, 2.75) is 63.8 Å². The minimum atomic E-state index is 0.284. The number of allylic oxidation sites excluding steroid dienone is 2. The van der Waals surface area contributed by atoms with Crippen molar-refractivity contribution in [3.63, 3.8) is 0 Å². The van der Waals surface area contributed by atoms with E-state index in [2.05, 4.69) is 59.5 Å². The number of Topliss-reactive ketones (excluding diaryl/α,β-unsaturated/α-hetero) is 1. The maximum Gasteiger partial charge on any atom is 0.189 e. The lowest BCUT2D eigenvalue weighted by Crippen LogP contribution is -2.32. The minimum Gasteiger partial charge on any atom is -0.299 e. The highest BCUT2D eigenvalue weighted by atomic mass is 16.1. The summed E-state index contributed by atoms with van der Waals surface area (Å²) in [5.74, 6) is 1.54. The van der Waals surface area contributed by atoms with Gasteiger partial charge in [-0.05, 0) is 67.3 Å². The highest BCUT2D eigenvalue weighted by Gasteiger charge is 2.28. The lowest BCUT2D eigenvalue weighted by atomic mass is 9.83. The Hall–Kier alpha value is -2.19. The Morgan fingerprint density at radius 3 is 2.43 bits per heavy atom. The van der Waals surface area contributed by atoms with E-state index < -0.39 is 0 Å². The second-order valence-corrected chi connectivity index (χ2v) is 9.55. The fourth-order valence-electron chi connectivity index (χ4n) is 5.67. The van der Waals surface area contributed by atoms with Crippen molar-refractivity contribution in [2.75, 3.05) is 13.1 Å². The van der Waals surface area contributed by atoms with E-state index in [1.165, 1.54) is 48.8 Å². The quantitative estimate of drug-likeness (QED) is 0.561. The van der Waals surface area contributed by atoms with Crippen molar-refractivity contribution >= 4 is 5.78 Å². The highest BCUT2D eigenvalue weighted by Crippen LogP contribution is 2.36. The number of nitrogens with zero attached hydrogens (tertiary/aromatic N) is 1. The molecule has 5 rings (SSSR count). The lowest BCUT2D eigenvalue weighted by Gasteiger charge is -2.30. The van der Waals surface area contributed by atoms with Gasteiger partial charge in [-0.2, -0.15) is 0 Å². The molecule has 1 saturated heterocycles. The van der Waals surface area contributed by atoms with E-state index in [4.69, 9.17) is 0 Å². The lowest BCUT2D eigenvalue weighted by molar-refractivity contribution is 0.103. The van der Waals surface area contributed by atoms with E-state index in [1.807, 2.05) is 0 Å². The Morgan fingerprint density at radius 2 is 1.67 bits per heavy atom. The van der Waals surface area contributed by atoms with E-state index >= 15 is 0 Å². The van der Waals surface area contributed by atoms with Crippen molar-refractivity contribution in [1.29, 1.82) is 0 Å². The molecule has 0 N–H and O–H groups in total.